The van der Waals surface area contributed by atoms with Gasteiger partial charge in [-0.05, 0) is 29.8 Å². The Morgan fingerprint density at radius 2 is 2.07 bits per heavy atom. The number of benzene rings is 2. The largest absolute Gasteiger partial charge is 0.352 e. The molecule has 1 amide bonds. The summed E-state index contributed by atoms with van der Waals surface area (Å²) in [6.45, 7) is 0.362. The fourth-order valence-electron chi connectivity index (χ4n) is 2.80. The van der Waals surface area contributed by atoms with Crippen molar-refractivity contribution >= 4 is 51.1 Å². The molecule has 4 rings (SSSR count). The lowest BCUT2D eigenvalue weighted by molar-refractivity contribution is -0.118. The number of aromatic amines is 1. The highest BCUT2D eigenvalue weighted by Crippen LogP contribution is 2.30. The molecule has 27 heavy (non-hydrogen) atoms. The van der Waals surface area contributed by atoms with Crippen molar-refractivity contribution in [1.82, 2.24) is 20.5 Å². The number of hydrogen-bond donors (Lipinski definition) is 2. The molecule has 0 bridgehead atoms. The van der Waals surface area contributed by atoms with E-state index in [-0.39, 0.29) is 17.5 Å². The van der Waals surface area contributed by atoms with Gasteiger partial charge in [0.2, 0.25) is 5.91 Å². The van der Waals surface area contributed by atoms with Crippen LogP contribution in [0.3, 0.4) is 0 Å². The zero-order valence-corrected chi connectivity index (χ0v) is 15.6. The number of hydrogen-bond acceptors (Lipinski definition) is 4. The van der Waals surface area contributed by atoms with Crippen LogP contribution in [0.4, 0.5) is 4.39 Å². The molecule has 0 aliphatic rings. The number of carbonyl (C=O) groups excluding carboxylic acids is 1. The fourth-order valence-corrected chi connectivity index (χ4v) is 3.78. The van der Waals surface area contributed by atoms with Crippen LogP contribution in [-0.2, 0) is 11.3 Å². The highest BCUT2D eigenvalue weighted by atomic mass is 35.5. The molecule has 2 N–H and O–H groups in total. The molecule has 0 saturated carbocycles. The van der Waals surface area contributed by atoms with E-state index in [0.29, 0.717) is 16.6 Å². The van der Waals surface area contributed by atoms with E-state index in [4.69, 9.17) is 11.6 Å². The molecule has 0 atom stereocenters. The molecular weight excluding hydrogens is 387 g/mol. The van der Waals surface area contributed by atoms with E-state index in [1.165, 1.54) is 23.9 Å². The molecule has 2 aromatic carbocycles. The predicted octanol–water partition coefficient (Wildman–Crippen LogP) is 4.31. The maximum absolute atomic E-state index is 13.5. The lowest BCUT2D eigenvalue weighted by Gasteiger charge is -2.06. The lowest BCUT2D eigenvalue weighted by atomic mass is 10.2. The van der Waals surface area contributed by atoms with E-state index >= 15 is 0 Å². The molecule has 8 heteroatoms. The minimum absolute atomic E-state index is 0.138. The van der Waals surface area contributed by atoms with Crippen LogP contribution in [0.25, 0.3) is 21.8 Å². The summed E-state index contributed by atoms with van der Waals surface area (Å²) in [6.07, 6.45) is 1.59. The van der Waals surface area contributed by atoms with Crippen LogP contribution in [0.15, 0.2) is 53.7 Å². The second kappa shape index (κ2) is 7.54. The number of aromatic nitrogens is 3. The summed E-state index contributed by atoms with van der Waals surface area (Å²) in [5, 5.41) is 13.7. The first-order valence-electron chi connectivity index (χ1n) is 8.17. The zero-order valence-electron chi connectivity index (χ0n) is 14.0. The van der Waals surface area contributed by atoms with Gasteiger partial charge < -0.3 is 10.3 Å². The van der Waals surface area contributed by atoms with Gasteiger partial charge in [0.1, 0.15) is 10.8 Å². The third-order valence-electron chi connectivity index (χ3n) is 4.12. The summed E-state index contributed by atoms with van der Waals surface area (Å²) in [4.78, 5) is 15.4. The average Bonchev–Trinajstić information content (AvgIpc) is 3.04. The molecule has 0 unspecified atom stereocenters. The first-order valence-corrected chi connectivity index (χ1v) is 9.53. The fraction of sp³-hybridized carbons (Fsp3) is 0.105. The van der Waals surface area contributed by atoms with E-state index in [0.717, 1.165) is 27.4 Å². The normalized spacial score (nSPS) is 11.2. The first-order chi connectivity index (χ1) is 13.1. The number of amides is 1. The zero-order chi connectivity index (χ0) is 18.8. The van der Waals surface area contributed by atoms with Gasteiger partial charge in [0.25, 0.3) is 0 Å². The first kappa shape index (κ1) is 17.8. The SMILES string of the molecule is O=C(CSc1nncc2c1[nH]c1ccc(F)cc12)NCc1ccccc1Cl. The van der Waals surface area contributed by atoms with Crippen molar-refractivity contribution in [1.29, 1.82) is 0 Å². The van der Waals surface area contributed by atoms with Gasteiger partial charge in [-0.2, -0.15) is 5.10 Å². The summed E-state index contributed by atoms with van der Waals surface area (Å²) in [5.41, 5.74) is 2.40. The van der Waals surface area contributed by atoms with Crippen molar-refractivity contribution in [3.63, 3.8) is 0 Å². The Bertz CT molecular complexity index is 1150. The van der Waals surface area contributed by atoms with Crippen LogP contribution in [-0.4, -0.2) is 26.8 Å². The Morgan fingerprint density at radius 1 is 1.22 bits per heavy atom. The molecule has 0 spiro atoms. The maximum Gasteiger partial charge on any atom is 0.230 e. The van der Waals surface area contributed by atoms with E-state index in [1.54, 1.807) is 18.3 Å². The second-order valence-electron chi connectivity index (χ2n) is 5.91. The maximum atomic E-state index is 13.5. The van der Waals surface area contributed by atoms with Crippen LogP contribution in [0.5, 0.6) is 0 Å². The third-order valence-corrected chi connectivity index (χ3v) is 5.46. The number of fused-ring (bicyclic) bond motifs is 3. The predicted molar refractivity (Wildman–Crippen MR) is 105 cm³/mol. The highest BCUT2D eigenvalue weighted by Gasteiger charge is 2.13. The van der Waals surface area contributed by atoms with Crippen LogP contribution >= 0.6 is 23.4 Å². The Hall–Kier alpha value is -2.64. The smallest absolute Gasteiger partial charge is 0.230 e. The third kappa shape index (κ3) is 3.74. The summed E-state index contributed by atoms with van der Waals surface area (Å²) in [7, 11) is 0. The van der Waals surface area contributed by atoms with Gasteiger partial charge in [0.05, 0.1) is 17.5 Å². The van der Waals surface area contributed by atoms with Gasteiger partial charge in [0.15, 0.2) is 0 Å². The Balaban J connectivity index is 1.48. The van der Waals surface area contributed by atoms with Gasteiger partial charge in [-0.1, -0.05) is 41.6 Å². The lowest BCUT2D eigenvalue weighted by Crippen LogP contribution is -2.24. The quantitative estimate of drug-likeness (QED) is 0.490. The Kier molecular flexibility index (Phi) is 4.96. The van der Waals surface area contributed by atoms with Gasteiger partial charge >= 0.3 is 0 Å². The Morgan fingerprint density at radius 3 is 2.93 bits per heavy atom. The molecule has 5 nitrogen and oxygen atoms in total. The number of halogens is 2. The van der Waals surface area contributed by atoms with Gasteiger partial charge in [0, 0.05) is 27.9 Å². The number of nitrogens with one attached hydrogen (secondary N) is 2. The van der Waals surface area contributed by atoms with Crippen LogP contribution < -0.4 is 5.32 Å². The van der Waals surface area contributed by atoms with Crippen LogP contribution in [0.2, 0.25) is 5.02 Å². The van der Waals surface area contributed by atoms with Gasteiger partial charge in [-0.3, -0.25) is 4.79 Å². The minimum atomic E-state index is -0.312. The topological polar surface area (TPSA) is 70.7 Å². The molecule has 0 fully saturated rings. The van der Waals surface area contributed by atoms with Crippen LogP contribution in [0, 0.1) is 5.82 Å². The average molecular weight is 401 g/mol. The molecule has 2 aromatic heterocycles. The van der Waals surface area contributed by atoms with E-state index in [9.17, 15) is 9.18 Å². The second-order valence-corrected chi connectivity index (χ2v) is 7.28. The standard InChI is InChI=1S/C19H14ClFN4OS/c20-15-4-2-1-3-11(15)8-22-17(26)10-27-19-18-14(9-23-25-19)13-7-12(21)5-6-16(13)24-18/h1-7,9,24H,8,10H2,(H,22,26). The Labute approximate surface area is 163 Å². The van der Waals surface area contributed by atoms with E-state index in [2.05, 4.69) is 20.5 Å². The number of H-pyrrole nitrogens is 1. The molecule has 2 heterocycles. The van der Waals surface area contributed by atoms with Crippen molar-refractivity contribution in [2.24, 2.45) is 0 Å². The summed E-state index contributed by atoms with van der Waals surface area (Å²) in [5.74, 6) is -0.267. The number of nitrogens with zero attached hydrogens (tertiary/aromatic N) is 2. The van der Waals surface area contributed by atoms with Gasteiger partial charge in [-0.25, -0.2) is 4.39 Å². The van der Waals surface area contributed by atoms with E-state index < -0.39 is 0 Å². The van der Waals surface area contributed by atoms with Crippen molar-refractivity contribution in [3.8, 4) is 0 Å². The van der Waals surface area contributed by atoms with Gasteiger partial charge in [-0.15, -0.1) is 5.10 Å². The highest BCUT2D eigenvalue weighted by molar-refractivity contribution is 8.00. The monoisotopic (exact) mass is 400 g/mol. The van der Waals surface area contributed by atoms with Crippen molar-refractivity contribution < 1.29 is 9.18 Å². The summed E-state index contributed by atoms with van der Waals surface area (Å²) in [6, 6.07) is 11.9. The molecule has 0 saturated heterocycles. The van der Waals surface area contributed by atoms with Crippen molar-refractivity contribution in [2.75, 3.05) is 5.75 Å². The molecule has 0 radical (unpaired) electrons. The van der Waals surface area contributed by atoms with Crippen LogP contribution in [0.1, 0.15) is 5.56 Å². The number of thioether (sulfide) groups is 1. The molecule has 136 valence electrons. The number of rotatable bonds is 5. The van der Waals surface area contributed by atoms with E-state index in [1.807, 2.05) is 18.2 Å². The van der Waals surface area contributed by atoms with Crippen molar-refractivity contribution in [3.05, 3.63) is 65.1 Å². The molecule has 4 aromatic rings. The summed E-state index contributed by atoms with van der Waals surface area (Å²) < 4.78 is 13.5. The van der Waals surface area contributed by atoms with Crippen molar-refractivity contribution in [2.45, 2.75) is 11.6 Å². The number of carbonyl (C=O) groups is 1. The molecular formula is C19H14ClFN4OS. The minimum Gasteiger partial charge on any atom is -0.352 e. The molecule has 0 aliphatic heterocycles. The summed E-state index contributed by atoms with van der Waals surface area (Å²) >= 11 is 7.36. The molecule has 0 aliphatic carbocycles.